The van der Waals surface area contributed by atoms with Crippen molar-refractivity contribution < 1.29 is 22.7 Å². The molecule has 0 radical (unpaired) electrons. The minimum absolute atomic E-state index is 0.0392. The van der Waals surface area contributed by atoms with Crippen molar-refractivity contribution in [1.29, 1.82) is 0 Å². The number of fused-ring (bicyclic) bond motifs is 1. The highest BCUT2D eigenvalue weighted by Gasteiger charge is 2.34. The Morgan fingerprint density at radius 2 is 2.04 bits per heavy atom. The molecule has 3 aliphatic rings. The molecule has 1 aromatic carbocycles. The van der Waals surface area contributed by atoms with Crippen LogP contribution in [-0.2, 0) is 9.84 Å². The molecule has 28 heavy (non-hydrogen) atoms. The molecule has 0 unspecified atom stereocenters. The molecule has 148 valence electrons. The number of halogens is 1. The Labute approximate surface area is 166 Å². The Morgan fingerprint density at radius 3 is 2.75 bits per heavy atom. The molecule has 2 fully saturated rings. The van der Waals surface area contributed by atoms with E-state index < -0.39 is 9.84 Å². The van der Waals surface area contributed by atoms with Crippen LogP contribution in [0.5, 0.6) is 11.5 Å². The van der Waals surface area contributed by atoms with Gasteiger partial charge in [0.1, 0.15) is 5.82 Å². The van der Waals surface area contributed by atoms with E-state index in [1.54, 1.807) is 10.7 Å². The average Bonchev–Trinajstić information content (AvgIpc) is 3.07. The molecule has 0 spiro atoms. The van der Waals surface area contributed by atoms with Crippen LogP contribution in [0.15, 0.2) is 18.2 Å². The first-order chi connectivity index (χ1) is 13.4. The van der Waals surface area contributed by atoms with Crippen molar-refractivity contribution in [1.82, 2.24) is 9.78 Å². The van der Waals surface area contributed by atoms with Crippen LogP contribution in [0.2, 0.25) is 5.02 Å². The van der Waals surface area contributed by atoms with Crippen molar-refractivity contribution in [3.8, 4) is 11.5 Å². The molecule has 5 rings (SSSR count). The number of hydrogen-bond acceptors (Lipinski definition) is 6. The van der Waals surface area contributed by atoms with Gasteiger partial charge >= 0.3 is 0 Å². The topological polar surface area (TPSA) is 99.5 Å². The lowest BCUT2D eigenvalue weighted by molar-refractivity contribution is 0.102. The highest BCUT2D eigenvalue weighted by Crippen LogP contribution is 2.42. The van der Waals surface area contributed by atoms with E-state index in [4.69, 9.17) is 21.1 Å². The van der Waals surface area contributed by atoms with E-state index in [1.165, 1.54) is 6.07 Å². The number of nitrogens with one attached hydrogen (secondary N) is 1. The minimum atomic E-state index is -3.07. The molecule has 1 amide bonds. The van der Waals surface area contributed by atoms with E-state index in [0.717, 1.165) is 18.5 Å². The third-order valence-corrected chi connectivity index (χ3v) is 7.27. The smallest absolute Gasteiger partial charge is 0.257 e. The Hall–Kier alpha value is -2.26. The van der Waals surface area contributed by atoms with Crippen LogP contribution in [0.1, 0.15) is 47.3 Å². The van der Waals surface area contributed by atoms with Crippen molar-refractivity contribution in [2.24, 2.45) is 0 Å². The summed E-state index contributed by atoms with van der Waals surface area (Å²) in [6.07, 6.45) is 2.61. The number of nitrogens with zero attached hydrogens (tertiary/aromatic N) is 2. The summed E-state index contributed by atoms with van der Waals surface area (Å²) >= 11 is 6.17. The number of rotatable bonds is 4. The lowest BCUT2D eigenvalue weighted by atomic mass is 10.2. The molecule has 1 aliphatic carbocycles. The number of anilines is 1. The first-order valence-corrected chi connectivity index (χ1v) is 11.3. The highest BCUT2D eigenvalue weighted by molar-refractivity contribution is 7.91. The number of carbonyl (C=O) groups excluding carboxylic acids is 1. The van der Waals surface area contributed by atoms with Crippen molar-refractivity contribution in [2.45, 2.75) is 31.2 Å². The molecule has 10 heteroatoms. The van der Waals surface area contributed by atoms with E-state index >= 15 is 0 Å². The van der Waals surface area contributed by atoms with E-state index in [-0.39, 0.29) is 30.2 Å². The molecular formula is C18H18ClN3O5S. The summed E-state index contributed by atoms with van der Waals surface area (Å²) in [5, 5.41) is 7.77. The van der Waals surface area contributed by atoms with Gasteiger partial charge in [0.15, 0.2) is 21.3 Å². The highest BCUT2D eigenvalue weighted by atomic mass is 35.5. The summed E-state index contributed by atoms with van der Waals surface area (Å²) in [7, 11) is -3.07. The standard InChI is InChI=1S/C18H18ClN3O5S/c19-13-5-11(6-15-17(13)27-9-26-15)18(23)20-16-7-14(10-1-2-10)21-22(16)12-3-4-28(24,25)8-12/h5-7,10,12H,1-4,8-9H2,(H,20,23)/t12-/m1/s1. The fraction of sp³-hybridized carbons (Fsp3) is 0.444. The molecule has 2 aliphatic heterocycles. The maximum atomic E-state index is 12.8. The predicted molar refractivity (Wildman–Crippen MR) is 102 cm³/mol. The summed E-state index contributed by atoms with van der Waals surface area (Å²) in [4.78, 5) is 12.8. The third-order valence-electron chi connectivity index (χ3n) is 5.24. The molecule has 1 saturated heterocycles. The van der Waals surface area contributed by atoms with Crippen LogP contribution in [-0.4, -0.2) is 42.4 Å². The van der Waals surface area contributed by atoms with E-state index in [1.807, 2.05) is 6.07 Å². The number of hydrogen-bond donors (Lipinski definition) is 1. The quantitative estimate of drug-likeness (QED) is 0.811. The van der Waals surface area contributed by atoms with E-state index in [0.29, 0.717) is 40.2 Å². The monoisotopic (exact) mass is 423 g/mol. The average molecular weight is 424 g/mol. The fourth-order valence-corrected chi connectivity index (χ4v) is 5.58. The lowest BCUT2D eigenvalue weighted by Crippen LogP contribution is -2.19. The summed E-state index contributed by atoms with van der Waals surface area (Å²) in [5.41, 5.74) is 1.22. The van der Waals surface area contributed by atoms with Gasteiger partial charge in [0.05, 0.1) is 28.3 Å². The number of carbonyl (C=O) groups is 1. The Kier molecular flexibility index (Phi) is 4.06. The van der Waals surface area contributed by atoms with Gasteiger partial charge < -0.3 is 14.8 Å². The number of aromatic nitrogens is 2. The molecule has 1 N–H and O–H groups in total. The SMILES string of the molecule is O=C(Nc1cc(C2CC2)nn1[C@@H]1CCS(=O)(=O)C1)c1cc(Cl)c2c(c1)OCO2. The molecule has 8 nitrogen and oxygen atoms in total. The van der Waals surface area contributed by atoms with Crippen molar-refractivity contribution in [3.05, 3.63) is 34.5 Å². The molecule has 3 heterocycles. The predicted octanol–water partition coefficient (Wildman–Crippen LogP) is 2.75. The van der Waals surface area contributed by atoms with Crippen LogP contribution in [0.4, 0.5) is 5.82 Å². The maximum absolute atomic E-state index is 12.8. The van der Waals surface area contributed by atoms with Gasteiger partial charge in [0, 0.05) is 17.5 Å². The minimum Gasteiger partial charge on any atom is -0.454 e. The molecular weight excluding hydrogens is 406 g/mol. The first kappa shape index (κ1) is 17.8. The maximum Gasteiger partial charge on any atom is 0.257 e. The summed E-state index contributed by atoms with van der Waals surface area (Å²) < 4.78 is 36.0. The second kappa shape index (κ2) is 6.38. The summed E-state index contributed by atoms with van der Waals surface area (Å²) in [5.74, 6) is 1.54. The number of sulfone groups is 1. The van der Waals surface area contributed by atoms with E-state index in [2.05, 4.69) is 10.4 Å². The second-order valence-electron chi connectivity index (χ2n) is 7.38. The van der Waals surface area contributed by atoms with Crippen LogP contribution < -0.4 is 14.8 Å². The summed E-state index contributed by atoms with van der Waals surface area (Å²) in [6.45, 7) is 0.0633. The van der Waals surface area contributed by atoms with Crippen LogP contribution >= 0.6 is 11.6 Å². The van der Waals surface area contributed by atoms with E-state index in [9.17, 15) is 13.2 Å². The van der Waals surface area contributed by atoms with Crippen LogP contribution in [0.3, 0.4) is 0 Å². The van der Waals surface area contributed by atoms with Crippen LogP contribution in [0.25, 0.3) is 0 Å². The van der Waals surface area contributed by atoms with Gasteiger partial charge in [-0.05, 0) is 31.4 Å². The Morgan fingerprint density at radius 1 is 1.21 bits per heavy atom. The number of amides is 1. The van der Waals surface area contributed by atoms with Crippen molar-refractivity contribution in [2.75, 3.05) is 23.6 Å². The first-order valence-electron chi connectivity index (χ1n) is 9.10. The Balaban J connectivity index is 1.44. The number of benzene rings is 1. The van der Waals surface area contributed by atoms with Gasteiger partial charge in [-0.15, -0.1) is 0 Å². The largest absolute Gasteiger partial charge is 0.454 e. The van der Waals surface area contributed by atoms with Gasteiger partial charge in [0.25, 0.3) is 5.91 Å². The van der Waals surface area contributed by atoms with Crippen molar-refractivity contribution >= 4 is 33.2 Å². The lowest BCUT2D eigenvalue weighted by Gasteiger charge is -2.14. The zero-order valence-corrected chi connectivity index (χ0v) is 16.4. The van der Waals surface area contributed by atoms with Gasteiger partial charge in [-0.1, -0.05) is 11.6 Å². The molecule has 0 bridgehead atoms. The summed E-state index contributed by atoms with van der Waals surface area (Å²) in [6, 6.07) is 4.67. The van der Waals surface area contributed by atoms with Gasteiger partial charge in [0.2, 0.25) is 6.79 Å². The zero-order chi connectivity index (χ0) is 19.5. The molecule has 1 atom stereocenters. The third kappa shape index (κ3) is 3.22. The number of ether oxygens (including phenoxy) is 2. The fourth-order valence-electron chi connectivity index (χ4n) is 3.62. The Bertz CT molecular complexity index is 1080. The van der Waals surface area contributed by atoms with Gasteiger partial charge in [-0.3, -0.25) is 4.79 Å². The van der Waals surface area contributed by atoms with Crippen LogP contribution in [0, 0.1) is 0 Å². The zero-order valence-electron chi connectivity index (χ0n) is 14.9. The van der Waals surface area contributed by atoms with Gasteiger partial charge in [-0.2, -0.15) is 5.10 Å². The second-order valence-corrected chi connectivity index (χ2v) is 10.0. The normalized spacial score (nSPS) is 22.4. The van der Waals surface area contributed by atoms with Crippen molar-refractivity contribution in [3.63, 3.8) is 0 Å². The molecule has 2 aromatic rings. The molecule has 1 aromatic heterocycles. The van der Waals surface area contributed by atoms with Gasteiger partial charge in [-0.25, -0.2) is 13.1 Å². The molecule has 1 saturated carbocycles.